The van der Waals surface area contributed by atoms with Gasteiger partial charge in [-0.25, -0.2) is 4.39 Å². The van der Waals surface area contributed by atoms with Crippen molar-refractivity contribution >= 4 is 5.91 Å². The van der Waals surface area contributed by atoms with E-state index in [0.29, 0.717) is 0 Å². The fourth-order valence-corrected chi connectivity index (χ4v) is 1.21. The third-order valence-electron chi connectivity index (χ3n) is 1.90. The molecule has 0 saturated heterocycles. The fourth-order valence-electron chi connectivity index (χ4n) is 1.21. The average Bonchev–Trinajstić information content (AvgIpc) is 2.17. The van der Waals surface area contributed by atoms with Crippen LogP contribution in [0, 0.1) is 5.82 Å². The van der Waals surface area contributed by atoms with E-state index in [1.165, 1.54) is 18.2 Å². The van der Waals surface area contributed by atoms with Gasteiger partial charge in [0.05, 0.1) is 0 Å². The summed E-state index contributed by atoms with van der Waals surface area (Å²) in [6.45, 7) is -0.0523. The van der Waals surface area contributed by atoms with Crippen molar-refractivity contribution < 1.29 is 18.7 Å². The molecular weight excluding hydrogens is 189 g/mol. The number of halogens is 1. The van der Waals surface area contributed by atoms with Crippen molar-refractivity contribution in [3.63, 3.8) is 0 Å². The first-order valence-corrected chi connectivity index (χ1v) is 4.06. The molecule has 0 fully saturated rings. The van der Waals surface area contributed by atoms with E-state index in [0.717, 1.165) is 0 Å². The Morgan fingerprint density at radius 2 is 2.36 bits per heavy atom. The van der Waals surface area contributed by atoms with Gasteiger partial charge in [0.25, 0.3) is 5.91 Å². The average molecular weight is 197 g/mol. The third kappa shape index (κ3) is 1.37. The monoisotopic (exact) mass is 197 g/mol. The summed E-state index contributed by atoms with van der Waals surface area (Å²) in [5.74, 6) is -0.893. The zero-order valence-electron chi connectivity index (χ0n) is 7.20. The van der Waals surface area contributed by atoms with Crippen molar-refractivity contribution in [2.24, 2.45) is 5.73 Å². The molecule has 0 bridgehead atoms. The standard InChI is InChI=1S/C9H8FNO3/c10-5-2-1-3-6-8(5)13-4-7(14-6)9(11)12/h1-3,7H,4H2,(H2,11,12). The third-order valence-corrected chi connectivity index (χ3v) is 1.90. The summed E-state index contributed by atoms with van der Waals surface area (Å²) in [5.41, 5.74) is 5.02. The lowest BCUT2D eigenvalue weighted by molar-refractivity contribution is -0.127. The summed E-state index contributed by atoms with van der Waals surface area (Å²) in [5, 5.41) is 0. The van der Waals surface area contributed by atoms with E-state index in [9.17, 15) is 9.18 Å². The first-order valence-electron chi connectivity index (χ1n) is 4.06. The SMILES string of the molecule is NC(=O)C1COc2c(F)cccc2O1. The number of hydrogen-bond donors (Lipinski definition) is 1. The molecule has 0 spiro atoms. The highest BCUT2D eigenvalue weighted by Crippen LogP contribution is 2.33. The van der Waals surface area contributed by atoms with Crippen LogP contribution in [0.1, 0.15) is 0 Å². The Balaban J connectivity index is 2.31. The second-order valence-corrected chi connectivity index (χ2v) is 2.89. The van der Waals surface area contributed by atoms with Gasteiger partial charge >= 0.3 is 0 Å². The molecule has 4 nitrogen and oxygen atoms in total. The lowest BCUT2D eigenvalue weighted by atomic mass is 10.2. The highest BCUT2D eigenvalue weighted by molar-refractivity contribution is 5.79. The van der Waals surface area contributed by atoms with Crippen LogP contribution in [0.25, 0.3) is 0 Å². The van der Waals surface area contributed by atoms with E-state index in [1.54, 1.807) is 0 Å². The molecule has 0 aromatic heterocycles. The number of rotatable bonds is 1. The lowest BCUT2D eigenvalue weighted by Gasteiger charge is -2.24. The Morgan fingerprint density at radius 1 is 1.57 bits per heavy atom. The van der Waals surface area contributed by atoms with Crippen LogP contribution < -0.4 is 15.2 Å². The maximum atomic E-state index is 13.1. The van der Waals surface area contributed by atoms with E-state index in [1.807, 2.05) is 0 Å². The Hall–Kier alpha value is -1.78. The summed E-state index contributed by atoms with van der Waals surface area (Å²) in [7, 11) is 0. The highest BCUT2D eigenvalue weighted by atomic mass is 19.1. The molecule has 0 aliphatic carbocycles. The summed E-state index contributed by atoms with van der Waals surface area (Å²) in [6, 6.07) is 4.25. The minimum atomic E-state index is -0.843. The maximum absolute atomic E-state index is 13.1. The minimum absolute atomic E-state index is 0.0324. The molecule has 2 rings (SSSR count). The molecule has 74 valence electrons. The summed E-state index contributed by atoms with van der Waals surface area (Å²) in [4.78, 5) is 10.8. The highest BCUT2D eigenvalue weighted by Gasteiger charge is 2.27. The van der Waals surface area contributed by atoms with Crippen LogP contribution in [0.15, 0.2) is 18.2 Å². The molecule has 1 unspecified atom stereocenters. The number of hydrogen-bond acceptors (Lipinski definition) is 3. The van der Waals surface area contributed by atoms with Crippen molar-refractivity contribution in [3.05, 3.63) is 24.0 Å². The van der Waals surface area contributed by atoms with Crippen molar-refractivity contribution in [2.45, 2.75) is 6.10 Å². The number of carbonyl (C=O) groups is 1. The molecule has 1 aromatic rings. The van der Waals surface area contributed by atoms with Gasteiger partial charge in [-0.1, -0.05) is 6.07 Å². The number of carbonyl (C=O) groups excluding carboxylic acids is 1. The van der Waals surface area contributed by atoms with E-state index in [2.05, 4.69) is 0 Å². The van der Waals surface area contributed by atoms with Crippen LogP contribution in [0.5, 0.6) is 11.5 Å². The molecular formula is C9H8FNO3. The largest absolute Gasteiger partial charge is 0.482 e. The number of fused-ring (bicyclic) bond motifs is 1. The predicted molar refractivity (Wildman–Crippen MR) is 45.5 cm³/mol. The summed E-state index contributed by atoms with van der Waals surface area (Å²) < 4.78 is 23.2. The fraction of sp³-hybridized carbons (Fsp3) is 0.222. The van der Waals surface area contributed by atoms with Crippen molar-refractivity contribution in [2.75, 3.05) is 6.61 Å². The Labute approximate surface area is 79.4 Å². The second kappa shape index (κ2) is 3.17. The van der Waals surface area contributed by atoms with Crippen LogP contribution in [0.4, 0.5) is 4.39 Å². The van der Waals surface area contributed by atoms with Crippen LogP contribution in [0.3, 0.4) is 0 Å². The molecule has 1 aromatic carbocycles. The number of nitrogens with two attached hydrogens (primary N) is 1. The number of ether oxygens (including phenoxy) is 2. The summed E-state index contributed by atoms with van der Waals surface area (Å²) >= 11 is 0. The van der Waals surface area contributed by atoms with Gasteiger partial charge in [-0.2, -0.15) is 0 Å². The quantitative estimate of drug-likeness (QED) is 0.711. The van der Waals surface area contributed by atoms with Crippen LogP contribution in [-0.4, -0.2) is 18.6 Å². The van der Waals surface area contributed by atoms with Gasteiger partial charge < -0.3 is 15.2 Å². The van der Waals surface area contributed by atoms with Crippen LogP contribution >= 0.6 is 0 Å². The molecule has 2 N–H and O–H groups in total. The molecule has 5 heteroatoms. The molecule has 14 heavy (non-hydrogen) atoms. The van der Waals surface area contributed by atoms with Crippen molar-refractivity contribution in [3.8, 4) is 11.5 Å². The van der Waals surface area contributed by atoms with E-state index >= 15 is 0 Å². The lowest BCUT2D eigenvalue weighted by Crippen LogP contribution is -2.41. The topological polar surface area (TPSA) is 61.6 Å². The number of para-hydroxylation sites is 1. The second-order valence-electron chi connectivity index (χ2n) is 2.89. The van der Waals surface area contributed by atoms with Crippen molar-refractivity contribution in [1.29, 1.82) is 0 Å². The maximum Gasteiger partial charge on any atom is 0.262 e. The molecule has 0 saturated carbocycles. The van der Waals surface area contributed by atoms with Gasteiger partial charge in [-0.15, -0.1) is 0 Å². The Bertz CT molecular complexity index is 380. The molecule has 1 atom stereocenters. The summed E-state index contributed by atoms with van der Waals surface area (Å²) in [6.07, 6.45) is -0.843. The number of primary amides is 1. The van der Waals surface area contributed by atoms with Crippen LogP contribution in [0.2, 0.25) is 0 Å². The molecule has 1 heterocycles. The Morgan fingerprint density at radius 3 is 3.07 bits per heavy atom. The molecule has 1 amide bonds. The number of benzene rings is 1. The normalized spacial score (nSPS) is 19.1. The van der Waals surface area contributed by atoms with Gasteiger partial charge in [-0.3, -0.25) is 4.79 Å². The van der Waals surface area contributed by atoms with Gasteiger partial charge in [0.15, 0.2) is 17.3 Å². The van der Waals surface area contributed by atoms with E-state index in [4.69, 9.17) is 15.2 Å². The zero-order valence-corrected chi connectivity index (χ0v) is 7.20. The number of amides is 1. The predicted octanol–water partition coefficient (Wildman–Crippen LogP) is 0.451. The van der Waals surface area contributed by atoms with Gasteiger partial charge in [0, 0.05) is 0 Å². The first kappa shape index (κ1) is 8.80. The van der Waals surface area contributed by atoms with Gasteiger partial charge in [-0.05, 0) is 12.1 Å². The Kier molecular flexibility index (Phi) is 1.99. The van der Waals surface area contributed by atoms with Gasteiger partial charge in [0.2, 0.25) is 6.10 Å². The van der Waals surface area contributed by atoms with E-state index in [-0.39, 0.29) is 18.1 Å². The zero-order chi connectivity index (χ0) is 10.1. The van der Waals surface area contributed by atoms with Crippen LogP contribution in [-0.2, 0) is 4.79 Å². The first-order chi connectivity index (χ1) is 6.68. The van der Waals surface area contributed by atoms with Gasteiger partial charge in [0.1, 0.15) is 6.61 Å². The van der Waals surface area contributed by atoms with E-state index < -0.39 is 17.8 Å². The molecule has 1 aliphatic heterocycles. The molecule has 0 radical (unpaired) electrons. The smallest absolute Gasteiger partial charge is 0.262 e. The minimum Gasteiger partial charge on any atom is -0.482 e. The molecule has 1 aliphatic rings. The van der Waals surface area contributed by atoms with Crippen molar-refractivity contribution in [1.82, 2.24) is 0 Å².